The number of carbonyl (C=O) groups is 1. The Hall–Kier alpha value is -3.47. The SMILES string of the molecule is CCc1cncc(-c2cc(NC(=O)Cc3ccc4ccccc4c3)n[nH]2)c1. The summed E-state index contributed by atoms with van der Waals surface area (Å²) >= 11 is 0. The molecule has 27 heavy (non-hydrogen) atoms. The Morgan fingerprint density at radius 1 is 1.00 bits per heavy atom. The summed E-state index contributed by atoms with van der Waals surface area (Å²) in [6.07, 6.45) is 4.86. The van der Waals surface area contributed by atoms with Crippen molar-refractivity contribution in [1.29, 1.82) is 0 Å². The molecule has 4 aromatic rings. The molecule has 2 aromatic carbocycles. The molecule has 134 valence electrons. The van der Waals surface area contributed by atoms with Crippen LogP contribution in [0.5, 0.6) is 0 Å². The first-order chi connectivity index (χ1) is 13.2. The Morgan fingerprint density at radius 2 is 1.85 bits per heavy atom. The van der Waals surface area contributed by atoms with Gasteiger partial charge in [0.15, 0.2) is 5.82 Å². The average Bonchev–Trinajstić information content (AvgIpc) is 3.16. The van der Waals surface area contributed by atoms with Crippen LogP contribution in [-0.4, -0.2) is 21.1 Å². The van der Waals surface area contributed by atoms with Crippen molar-refractivity contribution in [2.45, 2.75) is 19.8 Å². The molecule has 0 aliphatic rings. The summed E-state index contributed by atoms with van der Waals surface area (Å²) in [7, 11) is 0. The molecule has 2 aromatic heterocycles. The first-order valence-electron chi connectivity index (χ1n) is 8.98. The third kappa shape index (κ3) is 3.87. The van der Waals surface area contributed by atoms with Crippen molar-refractivity contribution in [3.63, 3.8) is 0 Å². The molecule has 2 heterocycles. The van der Waals surface area contributed by atoms with E-state index in [9.17, 15) is 4.79 Å². The van der Waals surface area contributed by atoms with Crippen LogP contribution >= 0.6 is 0 Å². The molecular formula is C22H20N4O. The van der Waals surface area contributed by atoms with Gasteiger partial charge in [-0.3, -0.25) is 14.9 Å². The smallest absolute Gasteiger partial charge is 0.229 e. The van der Waals surface area contributed by atoms with Crippen molar-refractivity contribution in [2.24, 2.45) is 0 Å². The molecule has 0 fully saturated rings. The largest absolute Gasteiger partial charge is 0.309 e. The van der Waals surface area contributed by atoms with E-state index in [1.165, 1.54) is 5.39 Å². The normalized spacial score (nSPS) is 10.9. The lowest BCUT2D eigenvalue weighted by atomic mass is 10.0. The van der Waals surface area contributed by atoms with Crippen LogP contribution in [0, 0.1) is 0 Å². The van der Waals surface area contributed by atoms with Crippen molar-refractivity contribution < 1.29 is 4.79 Å². The van der Waals surface area contributed by atoms with Gasteiger partial charge in [-0.15, -0.1) is 0 Å². The molecule has 0 radical (unpaired) electrons. The average molecular weight is 356 g/mol. The fourth-order valence-electron chi connectivity index (χ4n) is 3.08. The van der Waals surface area contributed by atoms with Gasteiger partial charge in [0.25, 0.3) is 0 Å². The van der Waals surface area contributed by atoms with E-state index in [2.05, 4.69) is 45.6 Å². The second-order valence-electron chi connectivity index (χ2n) is 6.51. The van der Waals surface area contributed by atoms with Gasteiger partial charge in [-0.05, 0) is 34.4 Å². The minimum atomic E-state index is -0.0937. The highest BCUT2D eigenvalue weighted by Crippen LogP contribution is 2.21. The minimum Gasteiger partial charge on any atom is -0.309 e. The lowest BCUT2D eigenvalue weighted by Crippen LogP contribution is -2.14. The van der Waals surface area contributed by atoms with Crippen molar-refractivity contribution in [3.05, 3.63) is 78.1 Å². The Balaban J connectivity index is 1.45. The first-order valence-corrected chi connectivity index (χ1v) is 8.98. The van der Waals surface area contributed by atoms with Crippen LogP contribution in [0.25, 0.3) is 22.0 Å². The van der Waals surface area contributed by atoms with Crippen LogP contribution in [0.1, 0.15) is 18.1 Å². The highest BCUT2D eigenvalue weighted by atomic mass is 16.1. The predicted octanol–water partition coefficient (Wildman–Crippen LogP) is 4.37. The number of hydrogen-bond donors (Lipinski definition) is 2. The quantitative estimate of drug-likeness (QED) is 0.558. The van der Waals surface area contributed by atoms with Crippen LogP contribution in [0.3, 0.4) is 0 Å². The summed E-state index contributed by atoms with van der Waals surface area (Å²) in [5, 5.41) is 12.3. The zero-order valence-corrected chi connectivity index (χ0v) is 15.1. The molecule has 0 saturated carbocycles. The summed E-state index contributed by atoms with van der Waals surface area (Å²) in [5.74, 6) is 0.418. The molecule has 0 spiro atoms. The number of pyridine rings is 1. The lowest BCUT2D eigenvalue weighted by molar-refractivity contribution is -0.115. The van der Waals surface area contributed by atoms with E-state index in [4.69, 9.17) is 0 Å². The first kappa shape index (κ1) is 17.0. The number of H-pyrrole nitrogens is 1. The Kier molecular flexibility index (Phi) is 4.66. The maximum atomic E-state index is 12.4. The monoisotopic (exact) mass is 356 g/mol. The van der Waals surface area contributed by atoms with Crippen LogP contribution in [-0.2, 0) is 17.6 Å². The Morgan fingerprint density at radius 3 is 2.70 bits per heavy atom. The zero-order valence-electron chi connectivity index (χ0n) is 15.1. The number of benzene rings is 2. The second-order valence-corrected chi connectivity index (χ2v) is 6.51. The van der Waals surface area contributed by atoms with Gasteiger partial charge < -0.3 is 5.32 Å². The number of aryl methyl sites for hydroxylation is 1. The standard InChI is InChI=1S/C22H20N4O/c1-2-15-9-19(14-23-13-15)20-12-21(26-25-20)24-22(27)11-16-7-8-17-5-3-4-6-18(17)10-16/h3-10,12-14H,2,11H2,1H3,(H2,24,25,26,27). The zero-order chi connectivity index (χ0) is 18.6. The molecule has 5 heteroatoms. The van der Waals surface area contributed by atoms with Gasteiger partial charge in [0, 0.05) is 24.0 Å². The Bertz CT molecular complexity index is 1100. The van der Waals surface area contributed by atoms with Crippen LogP contribution in [0.4, 0.5) is 5.82 Å². The van der Waals surface area contributed by atoms with Crippen molar-refractivity contribution in [1.82, 2.24) is 15.2 Å². The van der Waals surface area contributed by atoms with Gasteiger partial charge in [0.1, 0.15) is 0 Å². The van der Waals surface area contributed by atoms with E-state index < -0.39 is 0 Å². The van der Waals surface area contributed by atoms with E-state index in [1.54, 1.807) is 6.20 Å². The number of nitrogens with one attached hydrogen (secondary N) is 2. The van der Waals surface area contributed by atoms with E-state index >= 15 is 0 Å². The van der Waals surface area contributed by atoms with Crippen molar-refractivity contribution >= 4 is 22.5 Å². The van der Waals surface area contributed by atoms with E-state index in [1.807, 2.05) is 42.6 Å². The highest BCUT2D eigenvalue weighted by molar-refractivity contribution is 5.93. The minimum absolute atomic E-state index is 0.0937. The number of aromatic nitrogens is 3. The number of nitrogens with zero attached hydrogens (tertiary/aromatic N) is 2. The maximum absolute atomic E-state index is 12.4. The van der Waals surface area contributed by atoms with Crippen molar-refractivity contribution in [2.75, 3.05) is 5.32 Å². The molecule has 0 saturated heterocycles. The number of anilines is 1. The maximum Gasteiger partial charge on any atom is 0.229 e. The molecule has 0 bridgehead atoms. The fraction of sp³-hybridized carbons (Fsp3) is 0.136. The van der Waals surface area contributed by atoms with E-state index in [0.29, 0.717) is 12.2 Å². The molecular weight excluding hydrogens is 336 g/mol. The molecule has 4 rings (SSSR count). The summed E-state index contributed by atoms with van der Waals surface area (Å²) in [6.45, 7) is 2.09. The fourth-order valence-corrected chi connectivity index (χ4v) is 3.08. The second kappa shape index (κ2) is 7.41. The summed E-state index contributed by atoms with van der Waals surface area (Å²) < 4.78 is 0. The number of rotatable bonds is 5. The van der Waals surface area contributed by atoms with Crippen molar-refractivity contribution in [3.8, 4) is 11.3 Å². The van der Waals surface area contributed by atoms with Crippen LogP contribution < -0.4 is 5.32 Å². The van der Waals surface area contributed by atoms with Gasteiger partial charge in [0.2, 0.25) is 5.91 Å². The van der Waals surface area contributed by atoms with Gasteiger partial charge in [-0.2, -0.15) is 5.10 Å². The summed E-state index contributed by atoms with van der Waals surface area (Å²) in [4.78, 5) is 16.6. The number of fused-ring (bicyclic) bond motifs is 1. The van der Waals surface area contributed by atoms with Gasteiger partial charge >= 0.3 is 0 Å². The number of hydrogen-bond acceptors (Lipinski definition) is 3. The van der Waals surface area contributed by atoms with E-state index in [0.717, 1.165) is 34.2 Å². The summed E-state index contributed by atoms with van der Waals surface area (Å²) in [5.41, 5.74) is 3.92. The van der Waals surface area contributed by atoms with E-state index in [-0.39, 0.29) is 5.91 Å². The van der Waals surface area contributed by atoms with Gasteiger partial charge in [0.05, 0.1) is 12.1 Å². The Labute approximate surface area is 157 Å². The molecule has 0 aliphatic heterocycles. The summed E-state index contributed by atoms with van der Waals surface area (Å²) in [6, 6.07) is 18.1. The molecule has 0 aliphatic carbocycles. The molecule has 0 unspecified atom stereocenters. The lowest BCUT2D eigenvalue weighted by Gasteiger charge is -2.04. The highest BCUT2D eigenvalue weighted by Gasteiger charge is 2.09. The molecule has 0 atom stereocenters. The number of aromatic amines is 1. The third-order valence-corrected chi connectivity index (χ3v) is 4.54. The predicted molar refractivity (Wildman–Crippen MR) is 107 cm³/mol. The number of amides is 1. The molecule has 2 N–H and O–H groups in total. The topological polar surface area (TPSA) is 70.7 Å². The third-order valence-electron chi connectivity index (χ3n) is 4.54. The van der Waals surface area contributed by atoms with Gasteiger partial charge in [-0.25, -0.2) is 0 Å². The van der Waals surface area contributed by atoms with Gasteiger partial charge in [-0.1, -0.05) is 49.4 Å². The van der Waals surface area contributed by atoms with Crippen LogP contribution in [0.2, 0.25) is 0 Å². The van der Waals surface area contributed by atoms with Crippen LogP contribution in [0.15, 0.2) is 67.0 Å². The number of carbonyl (C=O) groups excluding carboxylic acids is 1. The molecule has 5 nitrogen and oxygen atoms in total. The molecule has 1 amide bonds.